The molecular formula is C19H22O4. The number of rotatable bonds is 3. The molecule has 0 amide bonds. The third kappa shape index (κ3) is 1.63. The normalized spacial score (nSPS) is 43.6. The van der Waals surface area contributed by atoms with Gasteiger partial charge in [-0.05, 0) is 36.6 Å². The summed E-state index contributed by atoms with van der Waals surface area (Å²) in [4.78, 5) is 0. The van der Waals surface area contributed by atoms with Crippen LogP contribution < -0.4 is 4.74 Å². The molecule has 1 saturated carbocycles. The second-order valence-electron chi connectivity index (χ2n) is 7.22. The second-order valence-corrected chi connectivity index (χ2v) is 7.22. The molecule has 2 saturated heterocycles. The molecule has 23 heavy (non-hydrogen) atoms. The lowest BCUT2D eigenvalue weighted by Gasteiger charge is -2.49. The smallest absolute Gasteiger partial charge is 0.200 e. The maximum atomic E-state index is 6.38. The molecule has 3 heterocycles. The van der Waals surface area contributed by atoms with Gasteiger partial charge >= 0.3 is 0 Å². The van der Waals surface area contributed by atoms with Crippen LogP contribution in [0.3, 0.4) is 0 Å². The van der Waals surface area contributed by atoms with E-state index in [0.29, 0.717) is 0 Å². The Morgan fingerprint density at radius 3 is 2.91 bits per heavy atom. The predicted octanol–water partition coefficient (Wildman–Crippen LogP) is 3.51. The summed E-state index contributed by atoms with van der Waals surface area (Å²) < 4.78 is 23.7. The highest BCUT2D eigenvalue weighted by Gasteiger charge is 2.75. The first-order valence-electron chi connectivity index (χ1n) is 8.53. The van der Waals surface area contributed by atoms with E-state index in [0.717, 1.165) is 31.6 Å². The molecule has 0 aromatic heterocycles. The Kier molecular flexibility index (Phi) is 2.73. The van der Waals surface area contributed by atoms with Crippen LogP contribution in [0.1, 0.15) is 37.7 Å². The molecule has 4 aliphatic rings. The summed E-state index contributed by atoms with van der Waals surface area (Å²) in [7, 11) is 1.71. The highest BCUT2D eigenvalue weighted by Crippen LogP contribution is 2.70. The number of ether oxygens (including phenoxy) is 4. The van der Waals surface area contributed by atoms with Crippen LogP contribution >= 0.6 is 0 Å². The van der Waals surface area contributed by atoms with Crippen LogP contribution in [0.5, 0.6) is 5.75 Å². The van der Waals surface area contributed by atoms with Gasteiger partial charge in [0.05, 0.1) is 20.0 Å². The number of hydrogen-bond donors (Lipinski definition) is 0. The molecule has 3 fully saturated rings. The van der Waals surface area contributed by atoms with Crippen LogP contribution in [-0.2, 0) is 19.8 Å². The Morgan fingerprint density at radius 2 is 2.09 bits per heavy atom. The lowest BCUT2D eigenvalue weighted by molar-refractivity contribution is -0.170. The van der Waals surface area contributed by atoms with Crippen molar-refractivity contribution in [3.05, 3.63) is 42.2 Å². The number of epoxide rings is 1. The summed E-state index contributed by atoms with van der Waals surface area (Å²) >= 11 is 0. The molecule has 0 radical (unpaired) electrons. The van der Waals surface area contributed by atoms with Gasteiger partial charge in [-0.15, -0.1) is 0 Å². The van der Waals surface area contributed by atoms with Crippen LogP contribution in [0.25, 0.3) is 0 Å². The number of fused-ring (bicyclic) bond motifs is 1. The Bertz CT molecular complexity index is 665. The minimum Gasteiger partial charge on any atom is -0.497 e. The summed E-state index contributed by atoms with van der Waals surface area (Å²) in [5.41, 5.74) is 0.660. The third-order valence-corrected chi connectivity index (χ3v) is 6.38. The molecule has 2 bridgehead atoms. The molecule has 122 valence electrons. The molecule has 1 aromatic rings. The average Bonchev–Trinajstić information content (AvgIpc) is 3.36. The number of benzene rings is 1. The SMILES string of the molecule is COc1cccc(C2(C34CCCC[C@@]35C=CO[C@@H](C4)O5)CO2)c1. The maximum absolute atomic E-state index is 6.38. The predicted molar refractivity (Wildman–Crippen MR) is 84.0 cm³/mol. The lowest BCUT2D eigenvalue weighted by atomic mass is 9.55. The molecule has 2 unspecified atom stereocenters. The zero-order chi connectivity index (χ0) is 15.5. The first-order chi connectivity index (χ1) is 11.2. The number of hydrogen-bond acceptors (Lipinski definition) is 4. The molecule has 4 nitrogen and oxygen atoms in total. The minimum atomic E-state index is -0.269. The first-order valence-corrected chi connectivity index (χ1v) is 8.53. The zero-order valence-electron chi connectivity index (χ0n) is 13.4. The molecule has 3 aliphatic heterocycles. The third-order valence-electron chi connectivity index (χ3n) is 6.38. The maximum Gasteiger partial charge on any atom is 0.200 e. The van der Waals surface area contributed by atoms with Gasteiger partial charge in [0.2, 0.25) is 6.29 Å². The van der Waals surface area contributed by atoms with E-state index in [1.54, 1.807) is 7.11 Å². The Labute approximate surface area is 136 Å². The highest BCUT2D eigenvalue weighted by atomic mass is 16.7. The molecule has 1 aromatic carbocycles. The Hall–Kier alpha value is -1.52. The van der Waals surface area contributed by atoms with E-state index in [9.17, 15) is 0 Å². The van der Waals surface area contributed by atoms with E-state index >= 15 is 0 Å². The van der Waals surface area contributed by atoms with Gasteiger partial charge in [-0.3, -0.25) is 0 Å². The zero-order valence-corrected chi connectivity index (χ0v) is 13.4. The van der Waals surface area contributed by atoms with E-state index in [1.165, 1.54) is 18.4 Å². The van der Waals surface area contributed by atoms with Gasteiger partial charge in [0.25, 0.3) is 0 Å². The van der Waals surface area contributed by atoms with Crippen LogP contribution in [0.4, 0.5) is 0 Å². The van der Waals surface area contributed by atoms with Crippen molar-refractivity contribution in [2.45, 2.75) is 49.6 Å². The van der Waals surface area contributed by atoms with Crippen molar-refractivity contribution in [2.75, 3.05) is 13.7 Å². The average molecular weight is 314 g/mol. The Morgan fingerprint density at radius 1 is 1.22 bits per heavy atom. The molecular weight excluding hydrogens is 292 g/mol. The van der Waals surface area contributed by atoms with Crippen molar-refractivity contribution in [1.29, 1.82) is 0 Å². The van der Waals surface area contributed by atoms with Crippen LogP contribution in [0.2, 0.25) is 0 Å². The molecule has 0 N–H and O–H groups in total. The summed E-state index contributed by atoms with van der Waals surface area (Å²) in [6, 6.07) is 8.33. The monoisotopic (exact) mass is 314 g/mol. The Balaban J connectivity index is 1.65. The van der Waals surface area contributed by atoms with Crippen molar-refractivity contribution in [3.63, 3.8) is 0 Å². The second kappa shape index (κ2) is 4.52. The van der Waals surface area contributed by atoms with Gasteiger partial charge in [0.15, 0.2) is 0 Å². The fourth-order valence-electron chi connectivity index (χ4n) is 5.24. The summed E-state index contributed by atoms with van der Waals surface area (Å²) in [5, 5.41) is 0. The fraction of sp³-hybridized carbons (Fsp3) is 0.579. The van der Waals surface area contributed by atoms with Crippen LogP contribution in [-0.4, -0.2) is 25.6 Å². The van der Waals surface area contributed by atoms with Crippen molar-refractivity contribution in [2.24, 2.45) is 5.41 Å². The summed E-state index contributed by atoms with van der Waals surface area (Å²) in [6.45, 7) is 0.756. The molecule has 4 atom stereocenters. The van der Waals surface area contributed by atoms with Gasteiger partial charge in [-0.25, -0.2) is 0 Å². The highest BCUT2D eigenvalue weighted by molar-refractivity contribution is 5.40. The standard InChI is InChI=1S/C19H22O4/c1-20-15-6-4-5-14(11-15)19(13-22-19)17-7-2-3-8-18(17)9-10-21-16(12-17)23-18/h4-6,9-11,16H,2-3,7-8,12-13H2,1H3/t16-,17?,18-,19?/m1/s1. The van der Waals surface area contributed by atoms with Gasteiger partial charge in [0.1, 0.15) is 17.0 Å². The van der Waals surface area contributed by atoms with Gasteiger partial charge in [0, 0.05) is 11.8 Å². The van der Waals surface area contributed by atoms with Crippen molar-refractivity contribution in [1.82, 2.24) is 0 Å². The van der Waals surface area contributed by atoms with Crippen LogP contribution in [0.15, 0.2) is 36.6 Å². The molecule has 1 aliphatic carbocycles. The van der Waals surface area contributed by atoms with Crippen LogP contribution in [0, 0.1) is 5.41 Å². The first kappa shape index (κ1) is 13.9. The van der Waals surface area contributed by atoms with Crippen molar-refractivity contribution >= 4 is 0 Å². The summed E-state index contributed by atoms with van der Waals surface area (Å²) in [6.07, 6.45) is 9.37. The molecule has 5 rings (SSSR count). The quantitative estimate of drug-likeness (QED) is 0.801. The van der Waals surface area contributed by atoms with E-state index in [2.05, 4.69) is 24.3 Å². The van der Waals surface area contributed by atoms with E-state index in [1.807, 2.05) is 12.3 Å². The van der Waals surface area contributed by atoms with E-state index in [-0.39, 0.29) is 22.9 Å². The topological polar surface area (TPSA) is 40.2 Å². The van der Waals surface area contributed by atoms with E-state index in [4.69, 9.17) is 18.9 Å². The van der Waals surface area contributed by atoms with Gasteiger partial charge in [-0.1, -0.05) is 25.0 Å². The van der Waals surface area contributed by atoms with E-state index < -0.39 is 0 Å². The lowest BCUT2D eigenvalue weighted by Crippen LogP contribution is -2.54. The fourth-order valence-corrected chi connectivity index (χ4v) is 5.24. The van der Waals surface area contributed by atoms with Gasteiger partial charge < -0.3 is 18.9 Å². The minimum absolute atomic E-state index is 0.0394. The molecule has 4 heteroatoms. The van der Waals surface area contributed by atoms with Crippen molar-refractivity contribution < 1.29 is 18.9 Å². The molecule has 1 spiro atoms. The van der Waals surface area contributed by atoms with Gasteiger partial charge in [-0.2, -0.15) is 0 Å². The largest absolute Gasteiger partial charge is 0.497 e. The number of methoxy groups -OCH3 is 1. The summed E-state index contributed by atoms with van der Waals surface area (Å²) in [5.74, 6) is 0.882. The van der Waals surface area contributed by atoms with Crippen molar-refractivity contribution in [3.8, 4) is 5.75 Å².